The first-order valence-electron chi connectivity index (χ1n) is 6.20. The van der Waals surface area contributed by atoms with Crippen LogP contribution in [0.1, 0.15) is 10.4 Å². The van der Waals surface area contributed by atoms with Crippen LogP contribution in [0.5, 0.6) is 11.5 Å². The number of carboxylic acids is 1. The van der Waals surface area contributed by atoms with Crippen LogP contribution in [0.3, 0.4) is 0 Å². The molecule has 0 fully saturated rings. The molecule has 0 unspecified atom stereocenters. The highest BCUT2D eigenvalue weighted by Gasteiger charge is 2.23. The molecule has 0 aliphatic carbocycles. The van der Waals surface area contributed by atoms with Gasteiger partial charge >= 0.3 is 5.97 Å². The Bertz CT molecular complexity index is 813. The molecule has 22 heavy (non-hydrogen) atoms. The Kier molecular flexibility index (Phi) is 3.67. The molecule has 9 heteroatoms. The number of nitrogens with one attached hydrogen (secondary N) is 1. The number of sulfonamides is 1. The van der Waals surface area contributed by atoms with E-state index in [-0.39, 0.29) is 21.2 Å². The summed E-state index contributed by atoms with van der Waals surface area (Å²) in [5, 5.41) is 10.9. The van der Waals surface area contributed by atoms with Crippen molar-refractivity contribution in [3.63, 3.8) is 0 Å². The van der Waals surface area contributed by atoms with Gasteiger partial charge in [-0.3, -0.25) is 4.72 Å². The summed E-state index contributed by atoms with van der Waals surface area (Å²) < 4.78 is 37.5. The second-order valence-electron chi connectivity index (χ2n) is 4.38. The van der Waals surface area contributed by atoms with Gasteiger partial charge in [0.15, 0.2) is 11.5 Å². The third-order valence-electron chi connectivity index (χ3n) is 2.92. The maximum Gasteiger partial charge on any atom is 0.337 e. The summed E-state index contributed by atoms with van der Waals surface area (Å²) in [6, 6.07) is 5.61. The van der Waals surface area contributed by atoms with Crippen LogP contribution in [0.4, 0.5) is 5.69 Å². The molecule has 1 aromatic carbocycles. The number of benzene rings is 1. The largest absolute Gasteiger partial charge is 0.486 e. The Morgan fingerprint density at radius 2 is 1.91 bits per heavy atom. The molecule has 1 aromatic heterocycles. The molecule has 3 rings (SSSR count). The van der Waals surface area contributed by atoms with Crippen molar-refractivity contribution in [3.05, 3.63) is 35.2 Å². The number of thiophene rings is 1. The van der Waals surface area contributed by atoms with E-state index in [1.165, 1.54) is 18.2 Å². The lowest BCUT2D eigenvalue weighted by Gasteiger charge is -2.20. The van der Waals surface area contributed by atoms with Crippen molar-refractivity contribution in [1.82, 2.24) is 0 Å². The lowest BCUT2D eigenvalue weighted by atomic mass is 10.1. The number of carboxylic acid groups (broad SMARTS) is 1. The second-order valence-corrected chi connectivity index (χ2v) is 7.24. The second kappa shape index (κ2) is 5.50. The topological polar surface area (TPSA) is 102 Å². The highest BCUT2D eigenvalue weighted by atomic mass is 32.2. The van der Waals surface area contributed by atoms with Crippen LogP contribution in [-0.2, 0) is 10.0 Å². The molecule has 0 amide bonds. The summed E-state index contributed by atoms with van der Waals surface area (Å²) in [4.78, 5) is 11.4. The van der Waals surface area contributed by atoms with Crippen LogP contribution >= 0.6 is 11.3 Å². The zero-order chi connectivity index (χ0) is 15.7. The van der Waals surface area contributed by atoms with Crippen molar-refractivity contribution in [2.75, 3.05) is 17.9 Å². The van der Waals surface area contributed by atoms with Crippen LogP contribution in [0, 0.1) is 0 Å². The number of aromatic carboxylic acids is 1. The van der Waals surface area contributed by atoms with Crippen molar-refractivity contribution in [2.24, 2.45) is 0 Å². The van der Waals surface area contributed by atoms with Crippen molar-refractivity contribution in [1.29, 1.82) is 0 Å². The summed E-state index contributed by atoms with van der Waals surface area (Å²) in [6.07, 6.45) is 0. The molecular weight excluding hydrogens is 330 g/mol. The highest BCUT2D eigenvalue weighted by Crippen LogP contribution is 2.36. The van der Waals surface area contributed by atoms with Gasteiger partial charge in [-0.2, -0.15) is 0 Å². The predicted molar refractivity (Wildman–Crippen MR) is 79.5 cm³/mol. The summed E-state index contributed by atoms with van der Waals surface area (Å²) in [6.45, 7) is 0.628. The van der Waals surface area contributed by atoms with Crippen molar-refractivity contribution in [3.8, 4) is 11.5 Å². The van der Waals surface area contributed by atoms with Gasteiger partial charge in [0.25, 0.3) is 10.0 Å². The van der Waals surface area contributed by atoms with Crippen LogP contribution in [0.25, 0.3) is 0 Å². The van der Waals surface area contributed by atoms with Gasteiger partial charge < -0.3 is 14.6 Å². The molecular formula is C13H11NO6S2. The summed E-state index contributed by atoms with van der Waals surface area (Å²) >= 11 is 1.04. The third kappa shape index (κ3) is 2.72. The summed E-state index contributed by atoms with van der Waals surface area (Å²) in [7, 11) is -3.84. The quantitative estimate of drug-likeness (QED) is 0.882. The van der Waals surface area contributed by atoms with E-state index in [9.17, 15) is 18.3 Å². The third-order valence-corrected chi connectivity index (χ3v) is 5.68. The molecule has 116 valence electrons. The van der Waals surface area contributed by atoms with E-state index in [1.807, 2.05) is 0 Å². The van der Waals surface area contributed by atoms with Gasteiger partial charge in [-0.25, -0.2) is 13.2 Å². The van der Waals surface area contributed by atoms with E-state index in [0.29, 0.717) is 19.0 Å². The SMILES string of the molecule is O=C(O)c1cc2c(cc1NS(=O)(=O)c1cccs1)OCCO2. The van der Waals surface area contributed by atoms with Gasteiger partial charge in [-0.05, 0) is 11.4 Å². The van der Waals surface area contributed by atoms with E-state index < -0.39 is 16.0 Å². The van der Waals surface area contributed by atoms with Crippen molar-refractivity contribution >= 4 is 33.0 Å². The number of anilines is 1. The number of rotatable bonds is 4. The number of ether oxygens (including phenoxy) is 2. The monoisotopic (exact) mass is 341 g/mol. The fourth-order valence-corrected chi connectivity index (χ4v) is 4.03. The maximum atomic E-state index is 12.2. The lowest BCUT2D eigenvalue weighted by molar-refractivity contribution is 0.0697. The predicted octanol–water partition coefficient (Wildman–Crippen LogP) is 2.02. The Morgan fingerprint density at radius 1 is 1.23 bits per heavy atom. The summed E-state index contributed by atoms with van der Waals surface area (Å²) in [5.74, 6) is -0.677. The average molecular weight is 341 g/mol. The fraction of sp³-hybridized carbons (Fsp3) is 0.154. The smallest absolute Gasteiger partial charge is 0.337 e. The molecule has 0 bridgehead atoms. The molecule has 0 saturated heterocycles. The van der Waals surface area contributed by atoms with E-state index in [2.05, 4.69) is 4.72 Å². The van der Waals surface area contributed by atoms with Crippen LogP contribution in [0.15, 0.2) is 33.9 Å². The number of fused-ring (bicyclic) bond motifs is 1. The molecule has 0 radical (unpaired) electrons. The van der Waals surface area contributed by atoms with Gasteiger partial charge in [0.2, 0.25) is 0 Å². The molecule has 0 spiro atoms. The molecule has 1 aliphatic heterocycles. The van der Waals surface area contributed by atoms with Crippen LogP contribution in [0.2, 0.25) is 0 Å². The minimum absolute atomic E-state index is 0.0647. The standard InChI is InChI=1S/C13H11NO6S2/c15-13(16)8-6-10-11(20-4-3-19-10)7-9(8)14-22(17,18)12-2-1-5-21-12/h1-2,5-7,14H,3-4H2,(H,15,16). The molecule has 2 N–H and O–H groups in total. The minimum atomic E-state index is -3.84. The molecule has 1 aliphatic rings. The van der Waals surface area contributed by atoms with E-state index in [1.54, 1.807) is 11.4 Å². The zero-order valence-electron chi connectivity index (χ0n) is 11.1. The number of hydrogen-bond acceptors (Lipinski definition) is 6. The highest BCUT2D eigenvalue weighted by molar-refractivity contribution is 7.94. The lowest BCUT2D eigenvalue weighted by Crippen LogP contribution is -2.18. The first-order chi connectivity index (χ1) is 10.5. The Labute approximate surface area is 130 Å². The van der Waals surface area contributed by atoms with Gasteiger partial charge in [0.1, 0.15) is 17.4 Å². The zero-order valence-corrected chi connectivity index (χ0v) is 12.7. The average Bonchev–Trinajstić information content (AvgIpc) is 3.01. The Hall–Kier alpha value is -2.26. The Balaban J connectivity index is 2.04. The van der Waals surface area contributed by atoms with Crippen LogP contribution in [-0.4, -0.2) is 32.7 Å². The maximum absolute atomic E-state index is 12.2. The van der Waals surface area contributed by atoms with Gasteiger partial charge in [-0.15, -0.1) is 11.3 Å². The van der Waals surface area contributed by atoms with E-state index in [4.69, 9.17) is 9.47 Å². The first kappa shape index (κ1) is 14.7. The molecule has 0 atom stereocenters. The molecule has 2 aromatic rings. The van der Waals surface area contributed by atoms with Gasteiger partial charge in [0.05, 0.1) is 11.3 Å². The van der Waals surface area contributed by atoms with E-state index >= 15 is 0 Å². The summed E-state index contributed by atoms with van der Waals surface area (Å²) in [5.41, 5.74) is -0.269. The number of hydrogen-bond donors (Lipinski definition) is 2. The normalized spacial score (nSPS) is 13.6. The molecule has 0 saturated carbocycles. The minimum Gasteiger partial charge on any atom is -0.486 e. The fourth-order valence-electron chi connectivity index (χ4n) is 1.96. The Morgan fingerprint density at radius 3 is 2.50 bits per heavy atom. The number of carbonyl (C=O) groups is 1. The first-order valence-corrected chi connectivity index (χ1v) is 8.57. The van der Waals surface area contributed by atoms with Crippen molar-refractivity contribution < 1.29 is 27.8 Å². The van der Waals surface area contributed by atoms with Gasteiger partial charge in [0, 0.05) is 12.1 Å². The van der Waals surface area contributed by atoms with E-state index in [0.717, 1.165) is 11.3 Å². The van der Waals surface area contributed by atoms with Crippen LogP contribution < -0.4 is 14.2 Å². The molecule has 2 heterocycles. The van der Waals surface area contributed by atoms with Crippen molar-refractivity contribution in [2.45, 2.75) is 4.21 Å². The molecule has 7 nitrogen and oxygen atoms in total. The van der Waals surface area contributed by atoms with Gasteiger partial charge in [-0.1, -0.05) is 6.07 Å².